The van der Waals surface area contributed by atoms with Crippen molar-refractivity contribution < 1.29 is 9.53 Å². The molecule has 0 spiro atoms. The van der Waals surface area contributed by atoms with E-state index in [2.05, 4.69) is 46.1 Å². The van der Waals surface area contributed by atoms with Crippen LogP contribution in [0.1, 0.15) is 30.6 Å². The van der Waals surface area contributed by atoms with E-state index < -0.39 is 0 Å². The van der Waals surface area contributed by atoms with Crippen molar-refractivity contribution in [1.82, 2.24) is 9.80 Å². The first kappa shape index (κ1) is 17.8. The zero-order valence-corrected chi connectivity index (χ0v) is 17.4. The molecule has 0 saturated heterocycles. The Morgan fingerprint density at radius 1 is 1.35 bits per heavy atom. The van der Waals surface area contributed by atoms with Crippen molar-refractivity contribution in [1.29, 1.82) is 0 Å². The average Bonchev–Trinajstić information content (AvgIpc) is 3.25. The van der Waals surface area contributed by atoms with Gasteiger partial charge in [0.25, 0.3) is 5.91 Å². The Morgan fingerprint density at radius 2 is 2.15 bits per heavy atom. The number of likely N-dealkylation sites (N-methyl/N-ethyl adjacent to an activating group) is 1. The molecular formula is C19H22BrN3O2S. The molecule has 2 aliphatic heterocycles. The molecule has 0 aliphatic carbocycles. The number of carbonyl (C=O) groups is 1. The van der Waals surface area contributed by atoms with E-state index in [9.17, 15) is 4.79 Å². The highest BCUT2D eigenvalue weighted by Gasteiger charge is 2.34. The Balaban J connectivity index is 1.68. The lowest BCUT2D eigenvalue weighted by Gasteiger charge is -2.26. The zero-order valence-electron chi connectivity index (χ0n) is 15.0. The van der Waals surface area contributed by atoms with Crippen molar-refractivity contribution in [3.8, 4) is 5.75 Å². The Hall–Kier alpha value is -1.57. The number of benzene rings is 1. The minimum atomic E-state index is 0.0881. The number of nitrogens with one attached hydrogen (secondary N) is 1. The van der Waals surface area contributed by atoms with Crippen molar-refractivity contribution in [3.63, 3.8) is 0 Å². The van der Waals surface area contributed by atoms with Crippen LogP contribution in [0.2, 0.25) is 0 Å². The quantitative estimate of drug-likeness (QED) is 0.725. The Morgan fingerprint density at radius 3 is 2.92 bits per heavy atom. The predicted octanol–water partition coefficient (Wildman–Crippen LogP) is 4.50. The SMILES string of the molecule is CCN(CC)CCOc1c(Br)ccc2c3c(sc12)NC1=CCCN1C3=O. The van der Waals surface area contributed by atoms with Gasteiger partial charge in [-0.25, -0.2) is 0 Å². The van der Waals surface area contributed by atoms with Crippen LogP contribution in [0.25, 0.3) is 10.1 Å². The summed E-state index contributed by atoms with van der Waals surface area (Å²) < 4.78 is 8.09. The molecule has 0 atom stereocenters. The fourth-order valence-corrected chi connectivity index (χ4v) is 5.28. The van der Waals surface area contributed by atoms with Gasteiger partial charge in [-0.05, 0) is 47.6 Å². The summed E-state index contributed by atoms with van der Waals surface area (Å²) in [4.78, 5) is 17.1. The van der Waals surface area contributed by atoms with Gasteiger partial charge < -0.3 is 15.0 Å². The maximum absolute atomic E-state index is 12.9. The van der Waals surface area contributed by atoms with Crippen LogP contribution in [0, 0.1) is 0 Å². The molecule has 4 rings (SSSR count). The number of carbonyl (C=O) groups excluding carboxylic acids is 1. The third kappa shape index (κ3) is 2.92. The molecule has 7 heteroatoms. The number of fused-ring (bicyclic) bond motifs is 4. The Bertz CT molecular complexity index is 889. The highest BCUT2D eigenvalue weighted by atomic mass is 79.9. The maximum Gasteiger partial charge on any atom is 0.263 e. The van der Waals surface area contributed by atoms with E-state index in [4.69, 9.17) is 4.74 Å². The van der Waals surface area contributed by atoms with E-state index in [0.29, 0.717) is 6.61 Å². The van der Waals surface area contributed by atoms with Crippen molar-refractivity contribution in [2.45, 2.75) is 20.3 Å². The van der Waals surface area contributed by atoms with Gasteiger partial charge in [-0.2, -0.15) is 0 Å². The fraction of sp³-hybridized carbons (Fsp3) is 0.421. The number of hydrogen-bond acceptors (Lipinski definition) is 5. The lowest BCUT2D eigenvalue weighted by Crippen LogP contribution is -2.34. The second-order valence-electron chi connectivity index (χ2n) is 6.39. The minimum Gasteiger partial charge on any atom is -0.490 e. The molecule has 138 valence electrons. The lowest BCUT2D eigenvalue weighted by atomic mass is 10.1. The predicted molar refractivity (Wildman–Crippen MR) is 110 cm³/mol. The molecule has 0 bridgehead atoms. The first-order chi connectivity index (χ1) is 12.6. The molecule has 1 aromatic heterocycles. The summed E-state index contributed by atoms with van der Waals surface area (Å²) in [6, 6.07) is 3.99. The summed E-state index contributed by atoms with van der Waals surface area (Å²) in [7, 11) is 0. The van der Waals surface area contributed by atoms with Crippen LogP contribution in [0.4, 0.5) is 5.00 Å². The van der Waals surface area contributed by atoms with Crippen LogP contribution in [0.15, 0.2) is 28.5 Å². The van der Waals surface area contributed by atoms with E-state index in [-0.39, 0.29) is 5.91 Å². The number of anilines is 1. The largest absolute Gasteiger partial charge is 0.490 e. The number of amides is 1. The normalized spacial score (nSPS) is 15.9. The smallest absolute Gasteiger partial charge is 0.263 e. The molecule has 5 nitrogen and oxygen atoms in total. The van der Waals surface area contributed by atoms with Gasteiger partial charge in [0.05, 0.1) is 14.7 Å². The molecule has 1 aromatic carbocycles. The van der Waals surface area contributed by atoms with Crippen LogP contribution < -0.4 is 10.1 Å². The second-order valence-corrected chi connectivity index (χ2v) is 8.27. The molecule has 2 aromatic rings. The van der Waals surface area contributed by atoms with Crippen LogP contribution >= 0.6 is 27.3 Å². The molecule has 1 amide bonds. The number of ether oxygens (including phenoxy) is 1. The first-order valence-electron chi connectivity index (χ1n) is 9.03. The van der Waals surface area contributed by atoms with Gasteiger partial charge >= 0.3 is 0 Å². The van der Waals surface area contributed by atoms with Crippen molar-refractivity contribution in [2.75, 3.05) is 38.1 Å². The zero-order chi connectivity index (χ0) is 18.3. The minimum absolute atomic E-state index is 0.0881. The van der Waals surface area contributed by atoms with Crippen molar-refractivity contribution in [3.05, 3.63) is 34.1 Å². The summed E-state index contributed by atoms with van der Waals surface area (Å²) in [5.41, 5.74) is 0.769. The molecule has 0 saturated carbocycles. The van der Waals surface area contributed by atoms with Crippen molar-refractivity contribution in [2.24, 2.45) is 0 Å². The third-order valence-corrected chi connectivity index (χ3v) is 6.74. The van der Waals surface area contributed by atoms with E-state index in [1.165, 1.54) is 0 Å². The molecule has 0 radical (unpaired) electrons. The monoisotopic (exact) mass is 435 g/mol. The second kappa shape index (κ2) is 7.21. The molecule has 0 fully saturated rings. The van der Waals surface area contributed by atoms with E-state index in [1.807, 2.05) is 17.0 Å². The molecule has 1 N–H and O–H groups in total. The van der Waals surface area contributed by atoms with Crippen LogP contribution in [-0.4, -0.2) is 48.5 Å². The van der Waals surface area contributed by atoms with Gasteiger partial charge in [0.1, 0.15) is 17.4 Å². The summed E-state index contributed by atoms with van der Waals surface area (Å²) >= 11 is 5.21. The summed E-state index contributed by atoms with van der Waals surface area (Å²) in [6.45, 7) is 8.61. The Kier molecular flexibility index (Phi) is 4.94. The van der Waals surface area contributed by atoms with E-state index >= 15 is 0 Å². The van der Waals surface area contributed by atoms with Gasteiger partial charge in [0, 0.05) is 18.5 Å². The maximum atomic E-state index is 12.9. The summed E-state index contributed by atoms with van der Waals surface area (Å²) in [6.07, 6.45) is 2.99. The van der Waals surface area contributed by atoms with Gasteiger partial charge in [-0.15, -0.1) is 11.3 Å². The molecule has 2 aliphatic rings. The number of hydrogen-bond donors (Lipinski definition) is 1. The summed E-state index contributed by atoms with van der Waals surface area (Å²) in [5.74, 6) is 1.83. The van der Waals surface area contributed by atoms with Gasteiger partial charge in [0.15, 0.2) is 5.75 Å². The van der Waals surface area contributed by atoms with Gasteiger partial charge in [-0.3, -0.25) is 9.69 Å². The molecule has 3 heterocycles. The van der Waals surface area contributed by atoms with Crippen molar-refractivity contribution >= 4 is 48.3 Å². The van der Waals surface area contributed by atoms with Crippen LogP contribution in [0.3, 0.4) is 0 Å². The fourth-order valence-electron chi connectivity index (χ4n) is 3.51. The standard InChI is InChI=1S/C19H22BrN3O2S/c1-3-22(4-2)10-11-25-16-13(20)8-7-12-15-18(26-17(12)16)21-14-6-5-9-23(14)19(15)24/h6-8,21H,3-5,9-11H2,1-2H3. The van der Waals surface area contributed by atoms with Crippen LogP contribution in [0.5, 0.6) is 5.75 Å². The Labute approximate surface area is 165 Å². The number of rotatable bonds is 6. The molecular weight excluding hydrogens is 414 g/mol. The number of nitrogens with zero attached hydrogens (tertiary/aromatic N) is 2. The van der Waals surface area contributed by atoms with E-state index in [1.54, 1.807) is 11.3 Å². The van der Waals surface area contributed by atoms with Gasteiger partial charge in [0.2, 0.25) is 0 Å². The molecule has 0 unspecified atom stereocenters. The molecule has 26 heavy (non-hydrogen) atoms. The van der Waals surface area contributed by atoms with Gasteiger partial charge in [-0.1, -0.05) is 19.9 Å². The topological polar surface area (TPSA) is 44.8 Å². The highest BCUT2D eigenvalue weighted by molar-refractivity contribution is 9.10. The number of halogens is 1. The third-order valence-electron chi connectivity index (χ3n) is 4.99. The highest BCUT2D eigenvalue weighted by Crippen LogP contribution is 2.47. The first-order valence-corrected chi connectivity index (χ1v) is 10.6. The van der Waals surface area contributed by atoms with Crippen LogP contribution in [-0.2, 0) is 0 Å². The number of thiophene rings is 1. The lowest BCUT2D eigenvalue weighted by molar-refractivity contribution is 0.0817. The van der Waals surface area contributed by atoms with E-state index in [0.717, 1.165) is 69.3 Å². The average molecular weight is 436 g/mol. The summed E-state index contributed by atoms with van der Waals surface area (Å²) in [5, 5.41) is 5.31.